The summed E-state index contributed by atoms with van der Waals surface area (Å²) in [4.78, 5) is 31.6. The highest BCUT2D eigenvalue weighted by molar-refractivity contribution is 6.40. The predicted octanol–water partition coefficient (Wildman–Crippen LogP) is 4.01. The second kappa shape index (κ2) is 5.57. The van der Waals surface area contributed by atoms with Gasteiger partial charge in [0.2, 0.25) is 0 Å². The van der Waals surface area contributed by atoms with Gasteiger partial charge in [0.25, 0.3) is 11.8 Å². The first-order valence-corrected chi connectivity index (χ1v) is 8.02. The van der Waals surface area contributed by atoms with E-state index in [-0.39, 0.29) is 11.8 Å². The average Bonchev–Trinajstić information content (AvgIpc) is 2.88. The van der Waals surface area contributed by atoms with Crippen molar-refractivity contribution in [2.75, 3.05) is 12.0 Å². The molecule has 1 aromatic heterocycles. The maximum atomic E-state index is 13.0. The lowest BCUT2D eigenvalue weighted by Gasteiger charge is -2.14. The van der Waals surface area contributed by atoms with Crippen molar-refractivity contribution in [2.45, 2.75) is 6.92 Å². The molecular formula is C19H13ClN2O3. The summed E-state index contributed by atoms with van der Waals surface area (Å²) in [6.45, 7) is 1.71. The molecule has 0 radical (unpaired) electrons. The first-order chi connectivity index (χ1) is 12.0. The minimum Gasteiger partial charge on any atom is -0.497 e. The van der Waals surface area contributed by atoms with Gasteiger partial charge < -0.3 is 4.74 Å². The first-order valence-electron chi connectivity index (χ1n) is 7.64. The SMILES string of the molecule is COc1ccc(N2C(=O)c3c(C)nc4c(Cl)cccc4c3C2=O)cc1. The van der Waals surface area contributed by atoms with Crippen molar-refractivity contribution in [3.05, 3.63) is 64.3 Å². The van der Waals surface area contributed by atoms with Gasteiger partial charge in [0.15, 0.2) is 0 Å². The van der Waals surface area contributed by atoms with Crippen molar-refractivity contribution in [3.8, 4) is 5.75 Å². The lowest BCUT2D eigenvalue weighted by Crippen LogP contribution is -2.29. The average molecular weight is 353 g/mol. The summed E-state index contributed by atoms with van der Waals surface area (Å²) in [5.74, 6) is -0.101. The summed E-state index contributed by atoms with van der Waals surface area (Å²) in [7, 11) is 1.56. The molecule has 2 aromatic carbocycles. The molecule has 0 saturated carbocycles. The Hall–Kier alpha value is -2.92. The van der Waals surface area contributed by atoms with Crippen LogP contribution in [-0.4, -0.2) is 23.9 Å². The number of carbonyl (C=O) groups is 2. The monoisotopic (exact) mass is 352 g/mol. The van der Waals surface area contributed by atoms with E-state index in [1.54, 1.807) is 56.5 Å². The number of rotatable bonds is 2. The second-order valence-corrected chi connectivity index (χ2v) is 6.13. The molecule has 0 spiro atoms. The third-order valence-electron chi connectivity index (χ3n) is 4.31. The Morgan fingerprint density at radius 3 is 2.36 bits per heavy atom. The fourth-order valence-corrected chi connectivity index (χ4v) is 3.35. The summed E-state index contributed by atoms with van der Waals surface area (Å²) in [6.07, 6.45) is 0. The zero-order chi connectivity index (χ0) is 17.7. The summed E-state index contributed by atoms with van der Waals surface area (Å²) in [5.41, 5.74) is 2.19. The Bertz CT molecular complexity index is 1040. The number of benzene rings is 2. The number of aryl methyl sites for hydroxylation is 1. The number of hydrogen-bond acceptors (Lipinski definition) is 4. The highest BCUT2D eigenvalue weighted by atomic mass is 35.5. The number of para-hydroxylation sites is 1. The van der Waals surface area contributed by atoms with Crippen LogP contribution in [-0.2, 0) is 0 Å². The van der Waals surface area contributed by atoms with E-state index in [4.69, 9.17) is 16.3 Å². The number of ether oxygens (including phenoxy) is 1. The van der Waals surface area contributed by atoms with E-state index < -0.39 is 0 Å². The standard InChI is InChI=1S/C19H13ClN2O3/c1-10-15-16(13-4-3-5-14(20)17(13)21-10)19(24)22(18(15)23)11-6-8-12(25-2)9-7-11/h3-9H,1-2H3. The molecule has 0 fully saturated rings. The molecule has 25 heavy (non-hydrogen) atoms. The fourth-order valence-electron chi connectivity index (χ4n) is 3.14. The summed E-state index contributed by atoms with van der Waals surface area (Å²) in [5, 5.41) is 1.04. The zero-order valence-electron chi connectivity index (χ0n) is 13.5. The molecule has 1 aliphatic rings. The molecule has 3 aromatic rings. The normalized spacial score (nSPS) is 13.5. The molecule has 0 unspecified atom stereocenters. The molecule has 124 valence electrons. The van der Waals surface area contributed by atoms with Gasteiger partial charge >= 0.3 is 0 Å². The van der Waals surface area contributed by atoms with Crippen LogP contribution in [0.25, 0.3) is 10.9 Å². The van der Waals surface area contributed by atoms with Gasteiger partial charge in [0.1, 0.15) is 5.75 Å². The van der Waals surface area contributed by atoms with Crippen LogP contribution >= 0.6 is 11.6 Å². The van der Waals surface area contributed by atoms with Crippen molar-refractivity contribution in [2.24, 2.45) is 0 Å². The van der Waals surface area contributed by atoms with E-state index in [2.05, 4.69) is 4.98 Å². The highest BCUT2D eigenvalue weighted by Crippen LogP contribution is 2.36. The third kappa shape index (κ3) is 2.20. The van der Waals surface area contributed by atoms with E-state index in [1.165, 1.54) is 4.90 Å². The largest absolute Gasteiger partial charge is 0.497 e. The molecule has 2 heterocycles. The Morgan fingerprint density at radius 2 is 1.68 bits per heavy atom. The molecule has 0 saturated heterocycles. The van der Waals surface area contributed by atoms with Crippen LogP contribution in [0.1, 0.15) is 26.4 Å². The Kier molecular flexibility index (Phi) is 3.47. The van der Waals surface area contributed by atoms with Gasteiger partial charge in [-0.2, -0.15) is 0 Å². The van der Waals surface area contributed by atoms with Crippen LogP contribution in [0.5, 0.6) is 5.75 Å². The minimum atomic E-state index is -0.378. The van der Waals surface area contributed by atoms with Crippen LogP contribution in [0, 0.1) is 6.92 Å². The number of imide groups is 1. The van der Waals surface area contributed by atoms with Crippen LogP contribution in [0.4, 0.5) is 5.69 Å². The first kappa shape index (κ1) is 15.6. The van der Waals surface area contributed by atoms with Gasteiger partial charge in [-0.3, -0.25) is 14.6 Å². The smallest absolute Gasteiger partial charge is 0.268 e. The molecule has 0 atom stereocenters. The lowest BCUT2D eigenvalue weighted by molar-refractivity contribution is 0.0926. The van der Waals surface area contributed by atoms with Crippen molar-refractivity contribution in [1.29, 1.82) is 0 Å². The summed E-state index contributed by atoms with van der Waals surface area (Å²) >= 11 is 6.22. The van der Waals surface area contributed by atoms with E-state index in [0.717, 1.165) is 0 Å². The summed E-state index contributed by atoms with van der Waals surface area (Å²) < 4.78 is 5.12. The number of amides is 2. The third-order valence-corrected chi connectivity index (χ3v) is 4.62. The number of carbonyl (C=O) groups excluding carboxylic acids is 2. The van der Waals surface area contributed by atoms with E-state index >= 15 is 0 Å². The van der Waals surface area contributed by atoms with Gasteiger partial charge in [-0.1, -0.05) is 23.7 Å². The van der Waals surface area contributed by atoms with Gasteiger partial charge in [-0.25, -0.2) is 4.90 Å². The molecule has 4 rings (SSSR count). The van der Waals surface area contributed by atoms with Crippen LogP contribution in [0.15, 0.2) is 42.5 Å². The van der Waals surface area contributed by atoms with Crippen LogP contribution in [0.2, 0.25) is 5.02 Å². The van der Waals surface area contributed by atoms with E-state index in [9.17, 15) is 9.59 Å². The number of aromatic nitrogens is 1. The zero-order valence-corrected chi connectivity index (χ0v) is 14.3. The predicted molar refractivity (Wildman–Crippen MR) is 95.6 cm³/mol. The number of hydrogen-bond donors (Lipinski definition) is 0. The number of anilines is 1. The van der Waals surface area contributed by atoms with Gasteiger partial charge in [-0.05, 0) is 37.3 Å². The molecule has 0 aliphatic carbocycles. The number of fused-ring (bicyclic) bond motifs is 3. The van der Waals surface area contributed by atoms with Crippen molar-refractivity contribution >= 4 is 40.0 Å². The Morgan fingerprint density at radius 1 is 1.00 bits per heavy atom. The maximum Gasteiger partial charge on any atom is 0.268 e. The molecule has 6 heteroatoms. The minimum absolute atomic E-state index is 0.329. The van der Waals surface area contributed by atoms with Crippen molar-refractivity contribution in [3.63, 3.8) is 0 Å². The van der Waals surface area contributed by atoms with Crippen LogP contribution < -0.4 is 9.64 Å². The lowest BCUT2D eigenvalue weighted by atomic mass is 10.0. The molecular weight excluding hydrogens is 340 g/mol. The van der Waals surface area contributed by atoms with E-state index in [0.29, 0.717) is 44.2 Å². The summed E-state index contributed by atoms with van der Waals surface area (Å²) in [6, 6.07) is 12.0. The second-order valence-electron chi connectivity index (χ2n) is 5.73. The molecule has 2 amide bonds. The Labute approximate surface area is 148 Å². The maximum absolute atomic E-state index is 13.0. The van der Waals surface area contributed by atoms with Gasteiger partial charge in [0, 0.05) is 5.39 Å². The molecule has 1 aliphatic heterocycles. The molecule has 5 nitrogen and oxygen atoms in total. The van der Waals surface area contributed by atoms with Crippen molar-refractivity contribution < 1.29 is 14.3 Å². The van der Waals surface area contributed by atoms with E-state index in [1.807, 2.05) is 0 Å². The van der Waals surface area contributed by atoms with Gasteiger partial charge in [-0.15, -0.1) is 0 Å². The topological polar surface area (TPSA) is 59.5 Å². The van der Waals surface area contributed by atoms with Crippen LogP contribution in [0.3, 0.4) is 0 Å². The molecule has 0 N–H and O–H groups in total. The molecule has 0 bridgehead atoms. The number of pyridine rings is 1. The number of methoxy groups -OCH3 is 1. The fraction of sp³-hybridized carbons (Fsp3) is 0.105. The quantitative estimate of drug-likeness (QED) is 0.654. The number of nitrogens with zero attached hydrogens (tertiary/aromatic N) is 2. The van der Waals surface area contributed by atoms with Crippen molar-refractivity contribution in [1.82, 2.24) is 4.98 Å². The number of halogens is 1. The highest BCUT2D eigenvalue weighted by Gasteiger charge is 2.40. The van der Waals surface area contributed by atoms with Gasteiger partial charge in [0.05, 0.1) is 40.2 Å². The Balaban J connectivity index is 1.93.